The van der Waals surface area contributed by atoms with E-state index in [1.54, 1.807) is 0 Å². The Balaban J connectivity index is 2.82. The van der Waals surface area contributed by atoms with Crippen molar-refractivity contribution in [3.63, 3.8) is 0 Å². The second-order valence-corrected chi connectivity index (χ2v) is 3.46. The third-order valence-electron chi connectivity index (χ3n) is 2.27. The van der Waals surface area contributed by atoms with Crippen LogP contribution in [0.3, 0.4) is 0 Å². The van der Waals surface area contributed by atoms with E-state index in [1.165, 1.54) is 19.3 Å². The van der Waals surface area contributed by atoms with Crippen LogP contribution in [-0.2, 0) is 4.79 Å². The molecule has 0 saturated carbocycles. The molecule has 0 bridgehead atoms. The van der Waals surface area contributed by atoms with Crippen LogP contribution in [0.4, 0.5) is 0 Å². The highest BCUT2D eigenvalue weighted by Gasteiger charge is 2.21. The molecule has 0 radical (unpaired) electrons. The first kappa shape index (κ1) is 12.6. The number of aliphatic hydroxyl groups is 3. The Labute approximate surface area is 91.6 Å². The van der Waals surface area contributed by atoms with Crippen molar-refractivity contribution >= 4 is 5.97 Å². The van der Waals surface area contributed by atoms with E-state index >= 15 is 0 Å². The van der Waals surface area contributed by atoms with E-state index in [1.807, 2.05) is 0 Å². The summed E-state index contributed by atoms with van der Waals surface area (Å²) in [6.07, 6.45) is -0.0109. The van der Waals surface area contributed by atoms with Gasteiger partial charge in [0, 0.05) is 11.8 Å². The third-order valence-corrected chi connectivity index (χ3v) is 2.27. The number of carboxylic acids is 1. The predicted molar refractivity (Wildman–Crippen MR) is 52.6 cm³/mol. The Kier molecular flexibility index (Phi) is 3.99. The van der Waals surface area contributed by atoms with Crippen LogP contribution in [-0.4, -0.2) is 48.9 Å². The van der Waals surface area contributed by atoms with Crippen molar-refractivity contribution in [2.75, 3.05) is 6.61 Å². The first-order chi connectivity index (χ1) is 7.47. The minimum atomic E-state index is -1.31. The average Bonchev–Trinajstić information content (AvgIpc) is 2.74. The minimum absolute atomic E-state index is 0.259. The van der Waals surface area contributed by atoms with Gasteiger partial charge in [-0.15, -0.1) is 0 Å². The van der Waals surface area contributed by atoms with Crippen LogP contribution in [0.1, 0.15) is 24.6 Å². The van der Waals surface area contributed by atoms with Gasteiger partial charge in [-0.1, -0.05) is 0 Å². The van der Waals surface area contributed by atoms with Gasteiger partial charge in [0.15, 0.2) is 0 Å². The molecule has 0 fully saturated rings. The van der Waals surface area contributed by atoms with Crippen molar-refractivity contribution in [3.05, 3.63) is 18.0 Å². The molecule has 0 saturated heterocycles. The van der Waals surface area contributed by atoms with E-state index in [2.05, 4.69) is 5.10 Å². The van der Waals surface area contributed by atoms with Gasteiger partial charge in [-0.05, 0) is 6.92 Å². The van der Waals surface area contributed by atoms with Crippen molar-refractivity contribution in [1.29, 1.82) is 0 Å². The van der Waals surface area contributed by atoms with E-state index in [9.17, 15) is 15.0 Å². The number of carboxylic acid groups (broad SMARTS) is 1. The van der Waals surface area contributed by atoms with Crippen LogP contribution in [0, 0.1) is 0 Å². The summed E-state index contributed by atoms with van der Waals surface area (Å²) in [5.74, 6) is -1.05. The average molecular weight is 230 g/mol. The van der Waals surface area contributed by atoms with E-state index in [4.69, 9.17) is 10.2 Å². The van der Waals surface area contributed by atoms with E-state index in [0.717, 1.165) is 4.68 Å². The molecule has 7 nitrogen and oxygen atoms in total. The van der Waals surface area contributed by atoms with Crippen LogP contribution in [0.2, 0.25) is 0 Å². The van der Waals surface area contributed by atoms with Gasteiger partial charge in [-0.2, -0.15) is 5.10 Å². The molecule has 1 heterocycles. The maximum absolute atomic E-state index is 10.7. The van der Waals surface area contributed by atoms with Gasteiger partial charge in [-0.3, -0.25) is 4.68 Å². The predicted octanol–water partition coefficient (Wildman–Crippen LogP) is -1.08. The summed E-state index contributed by atoms with van der Waals surface area (Å²) in [5.41, 5.74) is 0.259. The molecular formula is C9H14N2O5. The standard InChI is InChI=1S/C9H14N2O5/c1-5(9(15)16)11-3-6(2-10-11)8(14)7(13)4-12/h2-3,5,7-8,12-14H,4H2,1H3,(H,15,16)/t5-,7?,8?/m0/s1. The summed E-state index contributed by atoms with van der Waals surface area (Å²) in [4.78, 5) is 10.7. The Hall–Kier alpha value is -1.44. The zero-order valence-corrected chi connectivity index (χ0v) is 8.69. The van der Waals surface area contributed by atoms with Gasteiger partial charge in [0.25, 0.3) is 0 Å². The third kappa shape index (κ3) is 2.57. The van der Waals surface area contributed by atoms with Crippen LogP contribution in [0.15, 0.2) is 12.4 Å². The Bertz CT molecular complexity index is 365. The monoisotopic (exact) mass is 230 g/mol. The van der Waals surface area contributed by atoms with Crippen molar-refractivity contribution in [2.45, 2.75) is 25.2 Å². The lowest BCUT2D eigenvalue weighted by atomic mass is 10.1. The molecule has 4 N–H and O–H groups in total. The maximum Gasteiger partial charge on any atom is 0.328 e. The molecule has 0 amide bonds. The van der Waals surface area contributed by atoms with Crippen LogP contribution < -0.4 is 0 Å². The smallest absolute Gasteiger partial charge is 0.328 e. The second kappa shape index (κ2) is 5.06. The molecule has 0 spiro atoms. The summed E-state index contributed by atoms with van der Waals surface area (Å²) in [7, 11) is 0. The Morgan fingerprint density at radius 2 is 2.19 bits per heavy atom. The molecule has 0 aliphatic heterocycles. The summed E-state index contributed by atoms with van der Waals surface area (Å²) >= 11 is 0. The number of aromatic nitrogens is 2. The van der Waals surface area contributed by atoms with Gasteiger partial charge in [0.2, 0.25) is 0 Å². The molecule has 1 rings (SSSR count). The van der Waals surface area contributed by atoms with Gasteiger partial charge >= 0.3 is 5.97 Å². The number of aliphatic carboxylic acids is 1. The highest BCUT2D eigenvalue weighted by atomic mass is 16.4. The summed E-state index contributed by atoms with van der Waals surface area (Å²) in [5, 5.41) is 39.8. The molecule has 7 heteroatoms. The van der Waals surface area contributed by atoms with Gasteiger partial charge in [-0.25, -0.2) is 4.79 Å². The normalized spacial score (nSPS) is 16.8. The summed E-state index contributed by atoms with van der Waals surface area (Å²) in [6.45, 7) is 0.856. The van der Waals surface area contributed by atoms with Gasteiger partial charge in [0.1, 0.15) is 18.2 Å². The fraction of sp³-hybridized carbons (Fsp3) is 0.556. The number of nitrogens with zero attached hydrogens (tertiary/aromatic N) is 2. The number of aliphatic hydroxyl groups excluding tert-OH is 3. The first-order valence-electron chi connectivity index (χ1n) is 4.71. The highest BCUT2D eigenvalue weighted by Crippen LogP contribution is 2.17. The highest BCUT2D eigenvalue weighted by molar-refractivity contribution is 5.71. The minimum Gasteiger partial charge on any atom is -0.480 e. The van der Waals surface area contributed by atoms with Gasteiger partial charge < -0.3 is 20.4 Å². The molecule has 0 aliphatic rings. The summed E-state index contributed by atoms with van der Waals surface area (Å²) < 4.78 is 1.16. The number of rotatable bonds is 5. The van der Waals surface area contributed by atoms with Crippen molar-refractivity contribution in [2.24, 2.45) is 0 Å². The molecule has 1 aromatic rings. The summed E-state index contributed by atoms with van der Waals surface area (Å²) in [6, 6.07) is -0.854. The van der Waals surface area contributed by atoms with Crippen molar-refractivity contribution in [3.8, 4) is 0 Å². The quantitative estimate of drug-likeness (QED) is 0.511. The fourth-order valence-electron chi connectivity index (χ4n) is 1.15. The van der Waals surface area contributed by atoms with Crippen LogP contribution >= 0.6 is 0 Å². The molecule has 3 atom stereocenters. The topological polar surface area (TPSA) is 116 Å². The second-order valence-electron chi connectivity index (χ2n) is 3.46. The SMILES string of the molecule is C[C@@H](C(=O)O)n1cc(C(O)C(O)CO)cn1. The number of hydrogen-bond donors (Lipinski definition) is 4. The molecular weight excluding hydrogens is 216 g/mol. The number of hydrogen-bond acceptors (Lipinski definition) is 5. The largest absolute Gasteiger partial charge is 0.480 e. The van der Waals surface area contributed by atoms with Crippen molar-refractivity contribution < 1.29 is 25.2 Å². The van der Waals surface area contributed by atoms with E-state index in [0.29, 0.717) is 0 Å². The maximum atomic E-state index is 10.7. The Morgan fingerprint density at radius 1 is 1.56 bits per heavy atom. The van der Waals surface area contributed by atoms with Crippen LogP contribution in [0.25, 0.3) is 0 Å². The molecule has 0 aromatic carbocycles. The first-order valence-corrected chi connectivity index (χ1v) is 4.71. The van der Waals surface area contributed by atoms with E-state index < -0.39 is 30.8 Å². The molecule has 16 heavy (non-hydrogen) atoms. The zero-order valence-electron chi connectivity index (χ0n) is 8.69. The van der Waals surface area contributed by atoms with Crippen LogP contribution in [0.5, 0.6) is 0 Å². The fourth-order valence-corrected chi connectivity index (χ4v) is 1.15. The Morgan fingerprint density at radius 3 is 2.69 bits per heavy atom. The molecule has 2 unspecified atom stereocenters. The lowest BCUT2D eigenvalue weighted by molar-refractivity contribution is -0.140. The molecule has 1 aromatic heterocycles. The van der Waals surface area contributed by atoms with Gasteiger partial charge in [0.05, 0.1) is 12.8 Å². The zero-order chi connectivity index (χ0) is 12.3. The lowest BCUT2D eigenvalue weighted by Crippen LogP contribution is -2.21. The lowest BCUT2D eigenvalue weighted by Gasteiger charge is -2.13. The molecule has 90 valence electrons. The van der Waals surface area contributed by atoms with Crippen molar-refractivity contribution in [1.82, 2.24) is 9.78 Å². The number of carbonyl (C=O) groups is 1. The van der Waals surface area contributed by atoms with E-state index in [-0.39, 0.29) is 5.56 Å². The molecule has 0 aliphatic carbocycles.